The van der Waals surface area contributed by atoms with Crippen molar-refractivity contribution in [1.82, 2.24) is 0 Å². The summed E-state index contributed by atoms with van der Waals surface area (Å²) in [6.07, 6.45) is 1.12. The SMILES string of the molecule is C=C(OCC)c1ccc2c(c1)NCC2. The summed E-state index contributed by atoms with van der Waals surface area (Å²) in [4.78, 5) is 0. The van der Waals surface area contributed by atoms with Gasteiger partial charge < -0.3 is 10.1 Å². The standard InChI is InChI=1S/C12H15NO/c1-3-14-9(2)11-5-4-10-6-7-13-12(10)8-11/h4-5,8,13H,2-3,6-7H2,1H3. The minimum Gasteiger partial charge on any atom is -0.494 e. The number of anilines is 1. The molecule has 0 saturated heterocycles. The summed E-state index contributed by atoms with van der Waals surface area (Å²) in [7, 11) is 0. The van der Waals surface area contributed by atoms with Crippen LogP contribution in [0.3, 0.4) is 0 Å². The number of nitrogens with one attached hydrogen (secondary N) is 1. The van der Waals surface area contributed by atoms with E-state index >= 15 is 0 Å². The highest BCUT2D eigenvalue weighted by atomic mass is 16.5. The Kier molecular flexibility index (Phi) is 2.44. The van der Waals surface area contributed by atoms with Crippen LogP contribution in [0.15, 0.2) is 24.8 Å². The molecule has 0 unspecified atom stereocenters. The summed E-state index contributed by atoms with van der Waals surface area (Å²) in [5.41, 5.74) is 3.68. The van der Waals surface area contributed by atoms with Gasteiger partial charge in [0.05, 0.1) is 6.61 Å². The van der Waals surface area contributed by atoms with Crippen molar-refractivity contribution in [2.45, 2.75) is 13.3 Å². The van der Waals surface area contributed by atoms with E-state index in [4.69, 9.17) is 4.74 Å². The van der Waals surface area contributed by atoms with Gasteiger partial charge in [-0.1, -0.05) is 18.7 Å². The molecule has 74 valence electrons. The van der Waals surface area contributed by atoms with Gasteiger partial charge in [-0.05, 0) is 25.0 Å². The van der Waals surface area contributed by atoms with Crippen molar-refractivity contribution in [3.05, 3.63) is 35.9 Å². The lowest BCUT2D eigenvalue weighted by Gasteiger charge is -2.08. The molecule has 1 aliphatic heterocycles. The van der Waals surface area contributed by atoms with Crippen molar-refractivity contribution in [3.8, 4) is 0 Å². The molecule has 1 aromatic rings. The minimum atomic E-state index is 0.670. The maximum Gasteiger partial charge on any atom is 0.119 e. The van der Waals surface area contributed by atoms with Gasteiger partial charge in [0.2, 0.25) is 0 Å². The summed E-state index contributed by atoms with van der Waals surface area (Å²) in [5, 5.41) is 3.34. The molecule has 0 atom stereocenters. The largest absolute Gasteiger partial charge is 0.494 e. The van der Waals surface area contributed by atoms with Crippen LogP contribution in [0.25, 0.3) is 5.76 Å². The van der Waals surface area contributed by atoms with Gasteiger partial charge in [0, 0.05) is 17.8 Å². The molecule has 0 aromatic heterocycles. The lowest BCUT2D eigenvalue weighted by atomic mass is 10.1. The zero-order chi connectivity index (χ0) is 9.97. The molecule has 0 bridgehead atoms. The highest BCUT2D eigenvalue weighted by molar-refractivity contribution is 5.66. The van der Waals surface area contributed by atoms with E-state index in [2.05, 4.69) is 30.1 Å². The van der Waals surface area contributed by atoms with Gasteiger partial charge in [-0.2, -0.15) is 0 Å². The minimum absolute atomic E-state index is 0.670. The molecule has 14 heavy (non-hydrogen) atoms. The summed E-state index contributed by atoms with van der Waals surface area (Å²) < 4.78 is 5.37. The molecular weight excluding hydrogens is 174 g/mol. The first-order valence-corrected chi connectivity index (χ1v) is 5.00. The van der Waals surface area contributed by atoms with Crippen LogP contribution < -0.4 is 5.32 Å². The van der Waals surface area contributed by atoms with Gasteiger partial charge in [-0.25, -0.2) is 0 Å². The van der Waals surface area contributed by atoms with Crippen LogP contribution in [0, 0.1) is 0 Å². The van der Waals surface area contributed by atoms with Crippen LogP contribution >= 0.6 is 0 Å². The molecule has 0 spiro atoms. The highest BCUT2D eigenvalue weighted by Gasteiger charge is 2.10. The fourth-order valence-corrected chi connectivity index (χ4v) is 1.72. The Morgan fingerprint density at radius 1 is 1.57 bits per heavy atom. The second-order valence-corrected chi connectivity index (χ2v) is 3.40. The normalized spacial score (nSPS) is 13.2. The number of ether oxygens (including phenoxy) is 1. The highest BCUT2D eigenvalue weighted by Crippen LogP contribution is 2.26. The number of fused-ring (bicyclic) bond motifs is 1. The monoisotopic (exact) mass is 189 g/mol. The van der Waals surface area contributed by atoms with Crippen LogP contribution in [0.5, 0.6) is 0 Å². The van der Waals surface area contributed by atoms with E-state index in [1.165, 1.54) is 11.3 Å². The van der Waals surface area contributed by atoms with Crippen LogP contribution in [-0.4, -0.2) is 13.2 Å². The summed E-state index contributed by atoms with van der Waals surface area (Å²) in [5.74, 6) is 0.754. The molecule has 1 N–H and O–H groups in total. The summed E-state index contributed by atoms with van der Waals surface area (Å²) in [6.45, 7) is 7.57. The maximum absolute atomic E-state index is 5.37. The molecular formula is C12H15NO. The third kappa shape index (κ3) is 1.60. The fraction of sp³-hybridized carbons (Fsp3) is 0.333. The molecule has 0 saturated carbocycles. The van der Waals surface area contributed by atoms with Gasteiger partial charge in [0.15, 0.2) is 0 Å². The summed E-state index contributed by atoms with van der Waals surface area (Å²) >= 11 is 0. The number of hydrogen-bond acceptors (Lipinski definition) is 2. The van der Waals surface area contributed by atoms with Gasteiger partial charge in [0.1, 0.15) is 5.76 Å². The van der Waals surface area contributed by atoms with E-state index in [0.29, 0.717) is 6.61 Å². The molecule has 0 fully saturated rings. The molecule has 0 amide bonds. The van der Waals surface area contributed by atoms with Gasteiger partial charge >= 0.3 is 0 Å². The molecule has 1 aliphatic rings. The maximum atomic E-state index is 5.37. The smallest absolute Gasteiger partial charge is 0.119 e. The van der Waals surface area contributed by atoms with Crippen LogP contribution in [0.1, 0.15) is 18.1 Å². The molecule has 0 radical (unpaired) electrons. The van der Waals surface area contributed by atoms with E-state index < -0.39 is 0 Å². The van der Waals surface area contributed by atoms with Crippen molar-refractivity contribution in [2.75, 3.05) is 18.5 Å². The first-order valence-electron chi connectivity index (χ1n) is 5.00. The Morgan fingerprint density at radius 3 is 3.21 bits per heavy atom. The Bertz CT molecular complexity index is 357. The third-order valence-corrected chi connectivity index (χ3v) is 2.46. The van der Waals surface area contributed by atoms with Crippen molar-refractivity contribution in [1.29, 1.82) is 0 Å². The van der Waals surface area contributed by atoms with Crippen molar-refractivity contribution in [2.24, 2.45) is 0 Å². The Balaban J connectivity index is 2.24. The van der Waals surface area contributed by atoms with Gasteiger partial charge in [-0.15, -0.1) is 0 Å². The van der Waals surface area contributed by atoms with Crippen molar-refractivity contribution < 1.29 is 4.74 Å². The van der Waals surface area contributed by atoms with E-state index in [-0.39, 0.29) is 0 Å². The zero-order valence-corrected chi connectivity index (χ0v) is 8.47. The quantitative estimate of drug-likeness (QED) is 0.738. The average Bonchev–Trinajstić information content (AvgIpc) is 2.64. The second kappa shape index (κ2) is 3.74. The van der Waals surface area contributed by atoms with Crippen LogP contribution in [-0.2, 0) is 11.2 Å². The molecule has 1 heterocycles. The van der Waals surface area contributed by atoms with Crippen molar-refractivity contribution in [3.63, 3.8) is 0 Å². The average molecular weight is 189 g/mol. The molecule has 2 heteroatoms. The second-order valence-electron chi connectivity index (χ2n) is 3.40. The lowest BCUT2D eigenvalue weighted by Crippen LogP contribution is -1.93. The predicted octanol–water partition coefficient (Wildman–Crippen LogP) is 2.66. The van der Waals surface area contributed by atoms with Crippen LogP contribution in [0.2, 0.25) is 0 Å². The van der Waals surface area contributed by atoms with Crippen molar-refractivity contribution >= 4 is 11.4 Å². The topological polar surface area (TPSA) is 21.3 Å². The Labute approximate surface area is 84.6 Å². The molecule has 2 rings (SSSR count). The third-order valence-electron chi connectivity index (χ3n) is 2.46. The number of benzene rings is 1. The van der Waals surface area contributed by atoms with E-state index in [9.17, 15) is 0 Å². The Morgan fingerprint density at radius 2 is 2.43 bits per heavy atom. The first kappa shape index (κ1) is 9.13. The molecule has 2 nitrogen and oxygen atoms in total. The zero-order valence-electron chi connectivity index (χ0n) is 8.47. The number of rotatable bonds is 3. The van der Waals surface area contributed by atoms with E-state index in [0.717, 1.165) is 24.3 Å². The fourth-order valence-electron chi connectivity index (χ4n) is 1.72. The lowest BCUT2D eigenvalue weighted by molar-refractivity contribution is 0.299. The van der Waals surface area contributed by atoms with Crippen LogP contribution in [0.4, 0.5) is 5.69 Å². The number of hydrogen-bond donors (Lipinski definition) is 1. The van der Waals surface area contributed by atoms with E-state index in [1.807, 2.05) is 6.92 Å². The molecule has 1 aromatic carbocycles. The van der Waals surface area contributed by atoms with Gasteiger partial charge in [-0.3, -0.25) is 0 Å². The van der Waals surface area contributed by atoms with Gasteiger partial charge in [0.25, 0.3) is 0 Å². The predicted molar refractivity (Wildman–Crippen MR) is 59.3 cm³/mol. The summed E-state index contributed by atoms with van der Waals surface area (Å²) in [6, 6.07) is 6.33. The first-order chi connectivity index (χ1) is 6.81. The Hall–Kier alpha value is -1.44. The molecule has 0 aliphatic carbocycles. The van der Waals surface area contributed by atoms with E-state index in [1.54, 1.807) is 0 Å².